The van der Waals surface area contributed by atoms with Crippen LogP contribution in [0, 0.1) is 13.8 Å². The van der Waals surface area contributed by atoms with Gasteiger partial charge in [0, 0.05) is 31.3 Å². The minimum absolute atomic E-state index is 0.270. The third kappa shape index (κ3) is 6.38. The molecule has 6 nitrogen and oxygen atoms in total. The molecule has 6 heteroatoms. The van der Waals surface area contributed by atoms with Crippen LogP contribution in [0.5, 0.6) is 11.5 Å². The van der Waals surface area contributed by atoms with Crippen LogP contribution in [0.1, 0.15) is 22.3 Å². The average molecular weight is 397 g/mol. The van der Waals surface area contributed by atoms with E-state index in [1.807, 2.05) is 26.0 Å². The largest absolute Gasteiger partial charge is 0.497 e. The molecule has 0 bridgehead atoms. The summed E-state index contributed by atoms with van der Waals surface area (Å²) in [7, 11) is 4.79. The number of likely N-dealkylation sites (N-methyl/N-ethyl adjacent to an activating group) is 1. The highest BCUT2D eigenvalue weighted by atomic mass is 16.5. The highest BCUT2D eigenvalue weighted by Gasteiger charge is 2.13. The van der Waals surface area contributed by atoms with E-state index in [0.717, 1.165) is 11.1 Å². The first kappa shape index (κ1) is 22.0. The first-order valence-electron chi connectivity index (χ1n) is 9.21. The van der Waals surface area contributed by atoms with Crippen molar-refractivity contribution in [3.05, 3.63) is 64.7 Å². The molecule has 0 aliphatic rings. The Hall–Kier alpha value is -3.28. The lowest BCUT2D eigenvalue weighted by Gasteiger charge is -2.18. The minimum atomic E-state index is -0.601. The Kier molecular flexibility index (Phi) is 7.83. The zero-order chi connectivity index (χ0) is 21.4. The van der Waals surface area contributed by atoms with Crippen molar-refractivity contribution in [1.29, 1.82) is 0 Å². The lowest BCUT2D eigenvalue weighted by atomic mass is 10.1. The van der Waals surface area contributed by atoms with Gasteiger partial charge in [0.2, 0.25) is 0 Å². The molecule has 2 aromatic rings. The molecule has 2 rings (SSSR count). The van der Waals surface area contributed by atoms with Crippen molar-refractivity contribution in [2.45, 2.75) is 20.4 Å². The topological polar surface area (TPSA) is 65.1 Å². The molecule has 29 heavy (non-hydrogen) atoms. The number of methoxy groups -OCH3 is 2. The Morgan fingerprint density at radius 1 is 1.03 bits per heavy atom. The van der Waals surface area contributed by atoms with Gasteiger partial charge in [0.05, 0.1) is 14.2 Å². The maximum absolute atomic E-state index is 12.3. The van der Waals surface area contributed by atoms with Gasteiger partial charge in [0.1, 0.15) is 11.5 Å². The number of nitrogens with zero attached hydrogens (tertiary/aromatic N) is 1. The lowest BCUT2D eigenvalue weighted by molar-refractivity contribution is -0.147. The third-order valence-corrected chi connectivity index (χ3v) is 4.51. The number of rotatable bonds is 8. The van der Waals surface area contributed by atoms with Crippen LogP contribution in [0.3, 0.4) is 0 Å². The molecule has 0 atom stereocenters. The monoisotopic (exact) mass is 397 g/mol. The fraction of sp³-hybridized carbons (Fsp3) is 0.304. The Bertz CT molecular complexity index is 904. The number of amides is 1. The standard InChI is InChI=1S/C23H27NO5/c1-16-6-7-19(17(2)12-16)14-24(3)22(25)15-29-23(26)11-9-18-8-10-20(27-4)13-21(18)28-5/h6-13H,14-15H2,1-5H3/b11-9+. The predicted molar refractivity (Wildman–Crippen MR) is 112 cm³/mol. The Labute approximate surface area is 171 Å². The Morgan fingerprint density at radius 3 is 2.45 bits per heavy atom. The molecule has 0 radical (unpaired) electrons. The number of carbonyl (C=O) groups excluding carboxylic acids is 2. The van der Waals surface area contributed by atoms with Gasteiger partial charge in [0.25, 0.3) is 5.91 Å². The van der Waals surface area contributed by atoms with Crippen molar-refractivity contribution in [2.75, 3.05) is 27.9 Å². The smallest absolute Gasteiger partial charge is 0.331 e. The number of ether oxygens (including phenoxy) is 3. The van der Waals surface area contributed by atoms with Crippen LogP contribution >= 0.6 is 0 Å². The number of aryl methyl sites for hydroxylation is 2. The molecule has 0 aliphatic carbocycles. The van der Waals surface area contributed by atoms with Crippen molar-refractivity contribution >= 4 is 18.0 Å². The van der Waals surface area contributed by atoms with Gasteiger partial charge in [-0.05, 0) is 43.2 Å². The van der Waals surface area contributed by atoms with Gasteiger partial charge in [-0.1, -0.05) is 23.8 Å². The van der Waals surface area contributed by atoms with E-state index in [4.69, 9.17) is 14.2 Å². The molecule has 0 N–H and O–H groups in total. The average Bonchev–Trinajstić information content (AvgIpc) is 2.72. The fourth-order valence-electron chi connectivity index (χ4n) is 2.77. The molecule has 154 valence electrons. The van der Waals surface area contributed by atoms with Crippen LogP contribution in [0.25, 0.3) is 6.08 Å². The molecule has 2 aromatic carbocycles. The molecule has 0 fully saturated rings. The number of benzene rings is 2. The summed E-state index contributed by atoms with van der Waals surface area (Å²) < 4.78 is 15.5. The van der Waals surface area contributed by atoms with E-state index in [9.17, 15) is 9.59 Å². The van der Waals surface area contributed by atoms with Gasteiger partial charge in [-0.3, -0.25) is 4.79 Å². The van der Waals surface area contributed by atoms with E-state index in [0.29, 0.717) is 23.6 Å². The summed E-state index contributed by atoms with van der Waals surface area (Å²) in [5.74, 6) is 0.349. The van der Waals surface area contributed by atoms with E-state index in [1.165, 1.54) is 18.7 Å². The Balaban J connectivity index is 1.89. The van der Waals surface area contributed by atoms with Gasteiger partial charge in [0.15, 0.2) is 6.61 Å². The highest BCUT2D eigenvalue weighted by Crippen LogP contribution is 2.25. The molecular weight excluding hydrogens is 370 g/mol. The van der Waals surface area contributed by atoms with Crippen molar-refractivity contribution < 1.29 is 23.8 Å². The summed E-state index contributed by atoms with van der Waals surface area (Å²) in [4.78, 5) is 25.8. The molecule has 1 amide bonds. The van der Waals surface area contributed by atoms with E-state index in [2.05, 4.69) is 6.07 Å². The molecule has 0 saturated heterocycles. The molecular formula is C23H27NO5. The summed E-state index contributed by atoms with van der Waals surface area (Å²) in [5, 5.41) is 0. The van der Waals surface area contributed by atoms with E-state index in [1.54, 1.807) is 43.3 Å². The summed E-state index contributed by atoms with van der Waals surface area (Å²) in [5.41, 5.74) is 4.06. The van der Waals surface area contributed by atoms with Crippen LogP contribution in [0.4, 0.5) is 0 Å². The number of hydrogen-bond acceptors (Lipinski definition) is 5. The summed E-state index contributed by atoms with van der Waals surface area (Å²) >= 11 is 0. The molecule has 0 unspecified atom stereocenters. The third-order valence-electron chi connectivity index (χ3n) is 4.51. The Morgan fingerprint density at radius 2 is 1.79 bits per heavy atom. The van der Waals surface area contributed by atoms with Crippen LogP contribution < -0.4 is 9.47 Å². The second-order valence-electron chi connectivity index (χ2n) is 6.73. The molecule has 0 saturated carbocycles. The quantitative estimate of drug-likeness (QED) is 0.504. The van der Waals surface area contributed by atoms with Gasteiger partial charge in [-0.2, -0.15) is 0 Å². The first-order valence-corrected chi connectivity index (χ1v) is 9.21. The van der Waals surface area contributed by atoms with Crippen LogP contribution in [-0.4, -0.2) is 44.7 Å². The van der Waals surface area contributed by atoms with Gasteiger partial charge < -0.3 is 19.1 Å². The van der Waals surface area contributed by atoms with Crippen LogP contribution in [0.2, 0.25) is 0 Å². The van der Waals surface area contributed by atoms with Gasteiger partial charge in [-0.25, -0.2) is 4.79 Å². The van der Waals surface area contributed by atoms with Gasteiger partial charge in [-0.15, -0.1) is 0 Å². The second-order valence-corrected chi connectivity index (χ2v) is 6.73. The van der Waals surface area contributed by atoms with E-state index in [-0.39, 0.29) is 12.5 Å². The number of hydrogen-bond donors (Lipinski definition) is 0. The lowest BCUT2D eigenvalue weighted by Crippen LogP contribution is -2.30. The summed E-state index contributed by atoms with van der Waals surface area (Å²) in [6.45, 7) is 4.19. The molecule has 0 aromatic heterocycles. The number of carbonyl (C=O) groups is 2. The first-order chi connectivity index (χ1) is 13.8. The molecule has 0 spiro atoms. The number of esters is 1. The maximum atomic E-state index is 12.3. The minimum Gasteiger partial charge on any atom is -0.497 e. The second kappa shape index (κ2) is 10.3. The zero-order valence-electron chi connectivity index (χ0n) is 17.5. The van der Waals surface area contributed by atoms with Crippen molar-refractivity contribution in [2.24, 2.45) is 0 Å². The SMILES string of the molecule is COc1ccc(/C=C/C(=O)OCC(=O)N(C)Cc2ccc(C)cc2C)c(OC)c1. The van der Waals surface area contributed by atoms with Crippen molar-refractivity contribution in [3.8, 4) is 11.5 Å². The van der Waals surface area contributed by atoms with Crippen molar-refractivity contribution in [3.63, 3.8) is 0 Å². The van der Waals surface area contributed by atoms with Gasteiger partial charge >= 0.3 is 5.97 Å². The normalized spacial score (nSPS) is 10.7. The fourth-order valence-corrected chi connectivity index (χ4v) is 2.77. The highest BCUT2D eigenvalue weighted by molar-refractivity contribution is 5.89. The zero-order valence-corrected chi connectivity index (χ0v) is 17.5. The van der Waals surface area contributed by atoms with Crippen LogP contribution in [-0.2, 0) is 20.9 Å². The summed E-state index contributed by atoms with van der Waals surface area (Å²) in [6.07, 6.45) is 2.84. The summed E-state index contributed by atoms with van der Waals surface area (Å²) in [6, 6.07) is 11.3. The maximum Gasteiger partial charge on any atom is 0.331 e. The molecule has 0 aliphatic heterocycles. The van der Waals surface area contributed by atoms with Crippen molar-refractivity contribution in [1.82, 2.24) is 4.90 Å². The predicted octanol–water partition coefficient (Wildman–Crippen LogP) is 3.54. The van der Waals surface area contributed by atoms with E-state index >= 15 is 0 Å². The van der Waals surface area contributed by atoms with E-state index < -0.39 is 5.97 Å². The van der Waals surface area contributed by atoms with Crippen LogP contribution in [0.15, 0.2) is 42.5 Å². The molecule has 0 heterocycles.